The zero-order valence-electron chi connectivity index (χ0n) is 31.2. The lowest BCUT2D eigenvalue weighted by Crippen LogP contribution is -2.61. The Morgan fingerprint density at radius 3 is 2.04 bits per heavy atom. The first kappa shape index (κ1) is 31.9. The van der Waals surface area contributed by atoms with Crippen LogP contribution in [0.3, 0.4) is 0 Å². The van der Waals surface area contributed by atoms with Crippen LogP contribution in [0, 0.1) is 20.8 Å². The van der Waals surface area contributed by atoms with Crippen LogP contribution < -0.4 is 35.7 Å². The summed E-state index contributed by atoms with van der Waals surface area (Å²) in [5.74, 6) is 2.48. The monoisotopic (exact) mass is 672 g/mol. The van der Waals surface area contributed by atoms with E-state index in [4.69, 9.17) is 13.9 Å². The molecule has 0 spiro atoms. The van der Waals surface area contributed by atoms with Crippen molar-refractivity contribution in [2.24, 2.45) is 0 Å². The second kappa shape index (κ2) is 11.0. The van der Waals surface area contributed by atoms with E-state index in [-0.39, 0.29) is 17.5 Å². The van der Waals surface area contributed by atoms with Crippen LogP contribution in [0.1, 0.15) is 69.4 Å². The van der Waals surface area contributed by atoms with Crippen molar-refractivity contribution in [1.29, 1.82) is 0 Å². The molecule has 0 unspecified atom stereocenters. The predicted molar refractivity (Wildman–Crippen MR) is 213 cm³/mol. The first-order valence-corrected chi connectivity index (χ1v) is 18.2. The molecular weight excluding hydrogens is 627 g/mol. The van der Waals surface area contributed by atoms with Crippen LogP contribution in [0.25, 0.3) is 11.0 Å². The number of nitrogens with zero attached hydrogens (tertiary/aromatic N) is 2. The Labute approximate surface area is 301 Å². The Balaban J connectivity index is 1.40. The average Bonchev–Trinajstić information content (AvgIpc) is 3.47. The van der Waals surface area contributed by atoms with Gasteiger partial charge in [-0.3, -0.25) is 4.90 Å². The van der Waals surface area contributed by atoms with Crippen LogP contribution in [0.5, 0.6) is 11.5 Å². The van der Waals surface area contributed by atoms with Crippen molar-refractivity contribution in [3.63, 3.8) is 0 Å². The number of benzene rings is 5. The Bertz CT molecular complexity index is 2390. The predicted octanol–water partition coefficient (Wildman–Crippen LogP) is 9.81. The molecule has 0 saturated carbocycles. The summed E-state index contributed by atoms with van der Waals surface area (Å²) in [5, 5.41) is 1.14. The number of rotatable bonds is 2. The highest BCUT2D eigenvalue weighted by Crippen LogP contribution is 2.51. The summed E-state index contributed by atoms with van der Waals surface area (Å²) in [6, 6.07) is 31.7. The Morgan fingerprint density at radius 1 is 0.647 bits per heavy atom. The number of hydrogen-bond donors (Lipinski definition) is 0. The zero-order valence-corrected chi connectivity index (χ0v) is 31.2. The van der Waals surface area contributed by atoms with Gasteiger partial charge in [-0.1, -0.05) is 84.0 Å². The van der Waals surface area contributed by atoms with Gasteiger partial charge in [-0.05, 0) is 107 Å². The Kier molecular flexibility index (Phi) is 6.84. The topological polar surface area (TPSA) is 38.1 Å². The molecule has 1 aromatic heterocycles. The van der Waals surface area contributed by atoms with Crippen LogP contribution in [-0.4, -0.2) is 19.9 Å². The maximum Gasteiger partial charge on any atom is 0.257 e. The number of aryl methyl sites for hydroxylation is 2. The molecule has 0 radical (unpaired) electrons. The second-order valence-electron chi connectivity index (χ2n) is 16.6. The van der Waals surface area contributed by atoms with Crippen molar-refractivity contribution in [3.8, 4) is 11.5 Å². The number of hydrogen-bond acceptors (Lipinski definition) is 5. The first-order valence-electron chi connectivity index (χ1n) is 18.2. The van der Waals surface area contributed by atoms with Gasteiger partial charge in [0, 0.05) is 39.2 Å². The minimum Gasteiger partial charge on any atom is -0.486 e. The highest BCUT2D eigenvalue weighted by Gasteiger charge is 2.47. The molecule has 256 valence electrons. The molecule has 0 fully saturated rings. The van der Waals surface area contributed by atoms with Gasteiger partial charge in [0.05, 0.1) is 5.69 Å². The molecule has 0 N–H and O–H groups in total. The summed E-state index contributed by atoms with van der Waals surface area (Å²) < 4.78 is 19.4. The molecule has 0 aliphatic carbocycles. The van der Waals surface area contributed by atoms with Gasteiger partial charge in [-0.25, -0.2) is 0 Å². The van der Waals surface area contributed by atoms with Crippen LogP contribution in [0.2, 0.25) is 0 Å². The van der Waals surface area contributed by atoms with Gasteiger partial charge >= 0.3 is 0 Å². The van der Waals surface area contributed by atoms with Crippen molar-refractivity contribution < 1.29 is 13.9 Å². The third-order valence-electron chi connectivity index (χ3n) is 11.0. The summed E-state index contributed by atoms with van der Waals surface area (Å²) in [4.78, 5) is 4.87. The largest absolute Gasteiger partial charge is 0.486 e. The lowest BCUT2D eigenvalue weighted by molar-refractivity contribution is 0.170. The van der Waals surface area contributed by atoms with Gasteiger partial charge in [0.2, 0.25) is 5.88 Å². The molecule has 6 aromatic rings. The fraction of sp³-hybridized carbons (Fsp3) is 0.289. The van der Waals surface area contributed by atoms with E-state index < -0.39 is 0 Å². The summed E-state index contributed by atoms with van der Waals surface area (Å²) in [7, 11) is 0. The minimum absolute atomic E-state index is 0.0218. The minimum atomic E-state index is -0.0364. The lowest BCUT2D eigenvalue weighted by Gasteiger charge is -2.43. The van der Waals surface area contributed by atoms with Gasteiger partial charge in [0.25, 0.3) is 6.71 Å². The maximum atomic E-state index is 7.01. The van der Waals surface area contributed by atoms with Crippen LogP contribution in [0.15, 0.2) is 89.3 Å². The smallest absolute Gasteiger partial charge is 0.257 e. The quantitative estimate of drug-likeness (QED) is 0.171. The number of ether oxygens (including phenoxy) is 2. The number of para-hydroxylation sites is 1. The van der Waals surface area contributed by atoms with Crippen LogP contribution in [0.4, 0.5) is 34.3 Å². The SMILES string of the molecule is Cc1cc2c3c(c1)N(c1c(C)cc4c(c1C)OCCO4)c1oc4ccccc4c1B3c1cc(C(C)(C)C)ccc1N2c1ccc(C(C)(C)C)cc1. The molecule has 0 atom stereocenters. The van der Waals surface area contributed by atoms with Crippen LogP contribution >= 0.6 is 0 Å². The van der Waals surface area contributed by atoms with Crippen molar-refractivity contribution >= 4 is 68.4 Å². The van der Waals surface area contributed by atoms with Crippen molar-refractivity contribution in [2.45, 2.75) is 73.1 Å². The Morgan fingerprint density at radius 2 is 1.31 bits per heavy atom. The zero-order chi connectivity index (χ0) is 35.6. The fourth-order valence-electron chi connectivity index (χ4n) is 8.53. The van der Waals surface area contributed by atoms with E-state index in [0.717, 1.165) is 56.5 Å². The summed E-state index contributed by atoms with van der Waals surface area (Å²) in [6.45, 7) is 21.3. The summed E-state index contributed by atoms with van der Waals surface area (Å²) in [5.41, 5.74) is 16.4. The van der Waals surface area contributed by atoms with E-state index in [9.17, 15) is 0 Å². The summed E-state index contributed by atoms with van der Waals surface area (Å²) in [6.07, 6.45) is 0. The van der Waals surface area contributed by atoms with E-state index in [0.29, 0.717) is 13.2 Å². The second-order valence-corrected chi connectivity index (χ2v) is 16.6. The molecule has 9 rings (SSSR count). The maximum absolute atomic E-state index is 7.01. The third-order valence-corrected chi connectivity index (χ3v) is 11.0. The van der Waals surface area contributed by atoms with E-state index in [1.54, 1.807) is 0 Å². The van der Waals surface area contributed by atoms with Crippen LogP contribution in [-0.2, 0) is 10.8 Å². The molecule has 0 amide bonds. The van der Waals surface area contributed by atoms with Gasteiger partial charge in [-0.2, -0.15) is 0 Å². The highest BCUT2D eigenvalue weighted by atomic mass is 16.6. The van der Waals surface area contributed by atoms with Crippen molar-refractivity contribution in [3.05, 3.63) is 113 Å². The fourth-order valence-corrected chi connectivity index (χ4v) is 8.53. The molecule has 3 aliphatic rings. The molecule has 0 saturated heterocycles. The van der Waals surface area contributed by atoms with Gasteiger partial charge in [0.15, 0.2) is 11.5 Å². The van der Waals surface area contributed by atoms with E-state index in [2.05, 4.69) is 157 Å². The lowest BCUT2D eigenvalue weighted by atomic mass is 9.33. The molecule has 51 heavy (non-hydrogen) atoms. The standard InChI is InChI=1S/C45H45BN2O3/c1-26-22-35-40-36(23-26)48(41-27(2)24-38-42(28(41)3)50-21-20-49-38)43-39(32-12-10-11-13-37(32)51-43)46(40)33-25-30(45(7,8)9)16-19-34(33)47(35)31-17-14-29(15-18-31)44(4,5)6/h10-19,22-25H,20-21H2,1-9H3. The molecule has 4 heterocycles. The highest BCUT2D eigenvalue weighted by molar-refractivity contribution is 7.01. The molecule has 5 nitrogen and oxygen atoms in total. The van der Waals surface area contributed by atoms with E-state index >= 15 is 0 Å². The molecule has 5 aromatic carbocycles. The van der Waals surface area contributed by atoms with Gasteiger partial charge < -0.3 is 18.8 Å². The number of fused-ring (bicyclic) bond motifs is 7. The van der Waals surface area contributed by atoms with Crippen molar-refractivity contribution in [1.82, 2.24) is 0 Å². The molecule has 3 aliphatic heterocycles. The Hall–Kier alpha value is -5.10. The molecule has 6 heteroatoms. The van der Waals surface area contributed by atoms with Crippen molar-refractivity contribution in [2.75, 3.05) is 23.0 Å². The van der Waals surface area contributed by atoms with E-state index in [1.165, 1.54) is 44.5 Å². The normalized spacial score (nSPS) is 14.8. The summed E-state index contributed by atoms with van der Waals surface area (Å²) >= 11 is 0. The number of anilines is 6. The van der Waals surface area contributed by atoms with Gasteiger partial charge in [-0.15, -0.1) is 0 Å². The third kappa shape index (κ3) is 4.75. The number of furan rings is 1. The average molecular weight is 673 g/mol. The molecule has 0 bridgehead atoms. The van der Waals surface area contributed by atoms with E-state index in [1.807, 2.05) is 0 Å². The van der Waals surface area contributed by atoms with Gasteiger partial charge in [0.1, 0.15) is 18.8 Å². The molecular formula is C45H45BN2O3. The first-order chi connectivity index (χ1) is 24.3.